The molecular formula is C6H8ClNaO4Si. The van der Waals surface area contributed by atoms with Crippen molar-refractivity contribution in [3.8, 4) is 5.75 Å². The molecule has 13 heavy (non-hydrogen) atoms. The predicted molar refractivity (Wildman–Crippen MR) is 45.6 cm³/mol. The standard InChI is InChI=1S/C6H7ClO4Si.Na.H/c7-5-3-1-2-4-6(5)11-12(8,9)10;;/h1-4,8-10H;;/q;+1;-1. The molecule has 0 heterocycles. The Kier molecular flexibility index (Phi) is 5.49. The first-order valence-corrected chi connectivity index (χ1v) is 5.22. The zero-order valence-corrected chi connectivity index (χ0v) is 10.7. The maximum absolute atomic E-state index is 8.56. The Hall–Kier alpha value is 0.407. The minimum Gasteiger partial charge on any atom is -1.00 e. The molecule has 0 aromatic heterocycles. The van der Waals surface area contributed by atoms with Gasteiger partial charge in [0, 0.05) is 0 Å². The molecule has 0 saturated carbocycles. The SMILES string of the molecule is O[Si](O)(O)Oc1ccccc1Cl.[H-].[Na+]. The third-order valence-electron chi connectivity index (χ3n) is 1.08. The summed E-state index contributed by atoms with van der Waals surface area (Å²) in [6, 6.07) is 6.19. The van der Waals surface area contributed by atoms with Gasteiger partial charge < -0.3 is 20.2 Å². The number of hydrogen-bond donors (Lipinski definition) is 3. The predicted octanol–water partition coefficient (Wildman–Crippen LogP) is -2.75. The topological polar surface area (TPSA) is 69.9 Å². The summed E-state index contributed by atoms with van der Waals surface area (Å²) in [7, 11) is -4.51. The molecule has 0 bridgehead atoms. The van der Waals surface area contributed by atoms with Crippen LogP contribution < -0.4 is 34.0 Å². The molecular weight excluding hydrogens is 223 g/mol. The molecule has 0 aliphatic heterocycles. The molecule has 1 aromatic rings. The maximum atomic E-state index is 8.56. The molecule has 0 unspecified atom stereocenters. The molecule has 0 aliphatic carbocycles. The van der Waals surface area contributed by atoms with E-state index in [0.717, 1.165) is 0 Å². The first-order valence-electron chi connectivity index (χ1n) is 3.10. The normalized spacial score (nSPS) is 10.5. The first kappa shape index (κ1) is 13.4. The smallest absolute Gasteiger partial charge is 1.00 e. The molecule has 1 rings (SSSR count). The maximum Gasteiger partial charge on any atom is 1.00 e. The minimum absolute atomic E-state index is 0. The molecule has 0 amide bonds. The van der Waals surface area contributed by atoms with Gasteiger partial charge in [0.25, 0.3) is 0 Å². The summed E-state index contributed by atoms with van der Waals surface area (Å²) in [6.07, 6.45) is 0. The summed E-state index contributed by atoms with van der Waals surface area (Å²) in [5.41, 5.74) is 0. The number of rotatable bonds is 2. The third kappa shape index (κ3) is 4.99. The van der Waals surface area contributed by atoms with E-state index >= 15 is 0 Å². The molecule has 0 saturated heterocycles. The van der Waals surface area contributed by atoms with Crippen molar-refractivity contribution in [3.63, 3.8) is 0 Å². The molecule has 68 valence electrons. The largest absolute Gasteiger partial charge is 1.00 e. The fraction of sp³-hybridized carbons (Fsp3) is 0. The van der Waals surface area contributed by atoms with Crippen molar-refractivity contribution in [1.82, 2.24) is 0 Å². The van der Waals surface area contributed by atoms with Gasteiger partial charge in [-0.1, -0.05) is 23.7 Å². The van der Waals surface area contributed by atoms with E-state index < -0.39 is 9.05 Å². The van der Waals surface area contributed by atoms with Crippen LogP contribution in [0.3, 0.4) is 0 Å². The number of benzene rings is 1. The first-order chi connectivity index (χ1) is 5.49. The monoisotopic (exact) mass is 230 g/mol. The molecule has 1 aromatic carbocycles. The van der Waals surface area contributed by atoms with Gasteiger partial charge >= 0.3 is 38.6 Å². The molecule has 0 spiro atoms. The fourth-order valence-electron chi connectivity index (χ4n) is 0.675. The van der Waals surface area contributed by atoms with Crippen LogP contribution in [0.5, 0.6) is 5.75 Å². The second-order valence-corrected chi connectivity index (χ2v) is 3.87. The number of halogens is 1. The summed E-state index contributed by atoms with van der Waals surface area (Å²) < 4.78 is 4.41. The molecule has 0 fully saturated rings. The number of para-hydroxylation sites is 1. The van der Waals surface area contributed by atoms with E-state index in [4.69, 9.17) is 26.0 Å². The molecule has 3 N–H and O–H groups in total. The van der Waals surface area contributed by atoms with E-state index in [0.29, 0.717) is 0 Å². The average molecular weight is 231 g/mol. The Morgan fingerprint density at radius 1 is 1.23 bits per heavy atom. The summed E-state index contributed by atoms with van der Waals surface area (Å²) in [5.74, 6) is 0.0540. The quantitative estimate of drug-likeness (QED) is 0.482. The Labute approximate surface area is 105 Å². The van der Waals surface area contributed by atoms with Crippen molar-refractivity contribution in [3.05, 3.63) is 29.3 Å². The second kappa shape index (κ2) is 5.33. The Morgan fingerprint density at radius 2 is 1.77 bits per heavy atom. The summed E-state index contributed by atoms with van der Waals surface area (Å²) in [6.45, 7) is 0. The van der Waals surface area contributed by atoms with Crippen LogP contribution in [0, 0.1) is 0 Å². The van der Waals surface area contributed by atoms with Gasteiger partial charge in [-0.2, -0.15) is 0 Å². The van der Waals surface area contributed by atoms with E-state index in [1.54, 1.807) is 12.1 Å². The van der Waals surface area contributed by atoms with Crippen LogP contribution in [-0.4, -0.2) is 23.4 Å². The van der Waals surface area contributed by atoms with Crippen LogP contribution in [0.4, 0.5) is 0 Å². The van der Waals surface area contributed by atoms with Gasteiger partial charge in [0.1, 0.15) is 5.75 Å². The van der Waals surface area contributed by atoms with Crippen LogP contribution in [-0.2, 0) is 0 Å². The van der Waals surface area contributed by atoms with E-state index in [1.165, 1.54) is 12.1 Å². The minimum atomic E-state index is -4.51. The van der Waals surface area contributed by atoms with Crippen molar-refractivity contribution in [1.29, 1.82) is 0 Å². The van der Waals surface area contributed by atoms with Gasteiger partial charge in [0.05, 0.1) is 5.02 Å². The third-order valence-corrected chi connectivity index (χ3v) is 1.89. The molecule has 0 atom stereocenters. The van der Waals surface area contributed by atoms with Gasteiger partial charge in [-0.3, -0.25) is 0 Å². The summed E-state index contributed by atoms with van der Waals surface area (Å²) >= 11 is 5.59. The van der Waals surface area contributed by atoms with Crippen LogP contribution in [0.15, 0.2) is 24.3 Å². The average Bonchev–Trinajstić information content (AvgIpc) is 1.91. The Bertz CT molecular complexity index is 283. The second-order valence-electron chi connectivity index (χ2n) is 2.11. The zero-order valence-electron chi connectivity index (χ0n) is 7.94. The van der Waals surface area contributed by atoms with Crippen LogP contribution >= 0.6 is 11.6 Å². The van der Waals surface area contributed by atoms with E-state index in [-0.39, 0.29) is 41.8 Å². The van der Waals surface area contributed by atoms with Crippen LogP contribution in [0.25, 0.3) is 0 Å². The van der Waals surface area contributed by atoms with E-state index in [2.05, 4.69) is 4.43 Å². The Balaban J connectivity index is 0. The van der Waals surface area contributed by atoms with Crippen molar-refractivity contribution in [2.45, 2.75) is 0 Å². The van der Waals surface area contributed by atoms with Crippen molar-refractivity contribution in [2.24, 2.45) is 0 Å². The van der Waals surface area contributed by atoms with Crippen LogP contribution in [0.2, 0.25) is 5.02 Å². The van der Waals surface area contributed by atoms with Gasteiger partial charge in [-0.05, 0) is 12.1 Å². The molecule has 0 aliphatic rings. The van der Waals surface area contributed by atoms with Crippen molar-refractivity contribution >= 4 is 20.6 Å². The van der Waals surface area contributed by atoms with Crippen molar-refractivity contribution < 1.29 is 49.8 Å². The Morgan fingerprint density at radius 3 is 2.23 bits per heavy atom. The van der Waals surface area contributed by atoms with Gasteiger partial charge in [0.2, 0.25) is 0 Å². The fourth-order valence-corrected chi connectivity index (χ4v) is 1.39. The molecule has 7 heteroatoms. The van der Waals surface area contributed by atoms with E-state index in [9.17, 15) is 0 Å². The van der Waals surface area contributed by atoms with Gasteiger partial charge in [-0.15, -0.1) is 0 Å². The number of hydrogen-bond acceptors (Lipinski definition) is 4. The van der Waals surface area contributed by atoms with Gasteiger partial charge in [0.15, 0.2) is 0 Å². The molecule has 0 radical (unpaired) electrons. The molecule has 4 nitrogen and oxygen atoms in total. The van der Waals surface area contributed by atoms with E-state index in [1.807, 2.05) is 0 Å². The summed E-state index contributed by atoms with van der Waals surface area (Å²) in [5, 5.41) is 0.214. The zero-order chi connectivity index (χ0) is 9.19. The van der Waals surface area contributed by atoms with Crippen molar-refractivity contribution in [2.75, 3.05) is 0 Å². The summed E-state index contributed by atoms with van der Waals surface area (Å²) in [4.78, 5) is 25.7. The van der Waals surface area contributed by atoms with Gasteiger partial charge in [-0.25, -0.2) is 0 Å². The van der Waals surface area contributed by atoms with Crippen LogP contribution in [0.1, 0.15) is 1.43 Å².